The lowest BCUT2D eigenvalue weighted by atomic mass is 9.52. The van der Waals surface area contributed by atoms with E-state index in [1.54, 1.807) is 7.11 Å². The maximum absolute atomic E-state index is 13.1. The second-order valence-electron chi connectivity index (χ2n) is 10.1. The number of nitrogens with zero attached hydrogens (tertiary/aromatic N) is 1. The number of ether oxygens (including phenoxy) is 2. The third-order valence-electron chi connectivity index (χ3n) is 8.03. The molecule has 7 heteroatoms. The van der Waals surface area contributed by atoms with Crippen molar-refractivity contribution < 1.29 is 19.1 Å². The molecule has 1 aromatic heterocycles. The molecule has 4 fully saturated rings. The minimum atomic E-state index is -0.452. The minimum Gasteiger partial charge on any atom is -0.497 e. The van der Waals surface area contributed by atoms with E-state index in [1.165, 1.54) is 57.0 Å². The van der Waals surface area contributed by atoms with Gasteiger partial charge in [-0.05, 0) is 81.0 Å². The standard InChI is InChI=1S/C26H32N2O4S/c1-28(26-11-16-8-17(12-26)10-18(9-16)13-26)14-22(29)27-24-23(25(30)32-3)21(15-33-24)19-4-6-20(31-2)7-5-19/h4-7,15-18H,8-14H2,1-3H3,(H,27,29). The van der Waals surface area contributed by atoms with Crippen LogP contribution in [0.5, 0.6) is 5.75 Å². The van der Waals surface area contributed by atoms with Gasteiger partial charge in [0.2, 0.25) is 5.91 Å². The van der Waals surface area contributed by atoms with Gasteiger partial charge in [-0.1, -0.05) is 12.1 Å². The summed E-state index contributed by atoms with van der Waals surface area (Å²) in [6.07, 6.45) is 7.80. The summed E-state index contributed by atoms with van der Waals surface area (Å²) in [5, 5.41) is 5.45. The second kappa shape index (κ2) is 8.76. The maximum atomic E-state index is 13.1. The van der Waals surface area contributed by atoms with Gasteiger partial charge in [-0.2, -0.15) is 0 Å². The second-order valence-corrected chi connectivity index (χ2v) is 11.0. The molecule has 4 aliphatic carbocycles. The van der Waals surface area contributed by atoms with E-state index < -0.39 is 5.97 Å². The Kier molecular flexibility index (Phi) is 5.95. The zero-order valence-electron chi connectivity index (χ0n) is 19.6. The van der Waals surface area contributed by atoms with Gasteiger partial charge in [0.25, 0.3) is 0 Å². The Morgan fingerprint density at radius 2 is 1.67 bits per heavy atom. The number of rotatable bonds is 7. The van der Waals surface area contributed by atoms with Crippen LogP contribution < -0.4 is 10.1 Å². The van der Waals surface area contributed by atoms with Gasteiger partial charge in [0.05, 0.1) is 20.8 Å². The van der Waals surface area contributed by atoms with Crippen molar-refractivity contribution in [2.45, 2.75) is 44.1 Å². The van der Waals surface area contributed by atoms with E-state index in [0.717, 1.165) is 34.6 Å². The molecule has 1 aromatic carbocycles. The highest BCUT2D eigenvalue weighted by Crippen LogP contribution is 2.57. The van der Waals surface area contributed by atoms with Crippen LogP contribution in [0.4, 0.5) is 5.00 Å². The Hall–Kier alpha value is -2.38. The maximum Gasteiger partial charge on any atom is 0.341 e. The molecular weight excluding hydrogens is 436 g/mol. The Bertz CT molecular complexity index is 1010. The molecule has 4 aliphatic rings. The van der Waals surface area contributed by atoms with Crippen LogP contribution in [0, 0.1) is 17.8 Å². The first-order valence-corrected chi connectivity index (χ1v) is 12.6. The molecular formula is C26H32N2O4S. The van der Waals surface area contributed by atoms with Gasteiger partial charge in [-0.3, -0.25) is 9.69 Å². The number of hydrogen-bond donors (Lipinski definition) is 1. The number of hydrogen-bond acceptors (Lipinski definition) is 6. The quantitative estimate of drug-likeness (QED) is 0.576. The van der Waals surface area contributed by atoms with E-state index >= 15 is 0 Å². The average Bonchev–Trinajstić information content (AvgIpc) is 3.21. The molecule has 176 valence electrons. The number of thiophene rings is 1. The predicted molar refractivity (Wildman–Crippen MR) is 130 cm³/mol. The highest BCUT2D eigenvalue weighted by Gasteiger charge is 2.52. The summed E-state index contributed by atoms with van der Waals surface area (Å²) in [7, 11) is 5.09. The molecule has 0 spiro atoms. The van der Waals surface area contributed by atoms with Crippen LogP contribution in [0.1, 0.15) is 48.9 Å². The highest BCUT2D eigenvalue weighted by atomic mass is 32.1. The largest absolute Gasteiger partial charge is 0.497 e. The molecule has 2 aromatic rings. The molecule has 4 saturated carbocycles. The average molecular weight is 469 g/mol. The van der Waals surface area contributed by atoms with Crippen LogP contribution in [0.25, 0.3) is 11.1 Å². The molecule has 0 radical (unpaired) electrons. The van der Waals surface area contributed by atoms with E-state index in [9.17, 15) is 9.59 Å². The topological polar surface area (TPSA) is 67.9 Å². The third kappa shape index (κ3) is 4.17. The highest BCUT2D eigenvalue weighted by molar-refractivity contribution is 7.15. The summed E-state index contributed by atoms with van der Waals surface area (Å²) in [6.45, 7) is 0.336. The summed E-state index contributed by atoms with van der Waals surface area (Å²) >= 11 is 1.36. The van der Waals surface area contributed by atoms with Crippen LogP contribution >= 0.6 is 11.3 Å². The molecule has 0 atom stereocenters. The van der Waals surface area contributed by atoms with Crippen molar-refractivity contribution in [3.05, 3.63) is 35.2 Å². The SMILES string of the molecule is COC(=O)c1c(-c2ccc(OC)cc2)csc1NC(=O)CN(C)C12CC3CC(CC(C3)C1)C2. The molecule has 1 heterocycles. The molecule has 0 unspecified atom stereocenters. The molecule has 33 heavy (non-hydrogen) atoms. The number of nitrogens with one attached hydrogen (secondary N) is 1. The molecule has 1 N–H and O–H groups in total. The van der Waals surface area contributed by atoms with Crippen molar-refractivity contribution in [1.29, 1.82) is 0 Å². The number of amides is 1. The predicted octanol–water partition coefficient (Wildman–Crippen LogP) is 5.05. The van der Waals surface area contributed by atoms with Crippen molar-refractivity contribution in [1.82, 2.24) is 4.90 Å². The van der Waals surface area contributed by atoms with Gasteiger partial charge >= 0.3 is 5.97 Å². The van der Waals surface area contributed by atoms with Crippen LogP contribution in [-0.2, 0) is 9.53 Å². The molecule has 6 rings (SSSR count). The summed E-state index contributed by atoms with van der Waals surface area (Å²) < 4.78 is 10.3. The lowest BCUT2D eigenvalue weighted by molar-refractivity contribution is -0.123. The van der Waals surface area contributed by atoms with Gasteiger partial charge in [0, 0.05) is 16.5 Å². The van der Waals surface area contributed by atoms with Crippen molar-refractivity contribution in [2.75, 3.05) is 33.1 Å². The number of methoxy groups -OCH3 is 2. The third-order valence-corrected chi connectivity index (χ3v) is 8.93. The summed E-state index contributed by atoms with van der Waals surface area (Å²) in [5.74, 6) is 2.70. The zero-order valence-corrected chi connectivity index (χ0v) is 20.4. The van der Waals surface area contributed by atoms with Crippen molar-refractivity contribution >= 4 is 28.2 Å². The molecule has 1 amide bonds. The van der Waals surface area contributed by atoms with Crippen LogP contribution in [0.15, 0.2) is 29.6 Å². The summed E-state index contributed by atoms with van der Waals surface area (Å²) in [6, 6.07) is 7.51. The van der Waals surface area contributed by atoms with E-state index in [4.69, 9.17) is 9.47 Å². The Labute approximate surface area is 199 Å². The number of likely N-dealkylation sites (N-methyl/N-ethyl adjacent to an activating group) is 1. The van der Waals surface area contributed by atoms with Gasteiger partial charge in [-0.25, -0.2) is 4.79 Å². The Morgan fingerprint density at radius 3 is 2.21 bits per heavy atom. The van der Waals surface area contributed by atoms with Gasteiger partial charge in [-0.15, -0.1) is 11.3 Å². The van der Waals surface area contributed by atoms with E-state index in [0.29, 0.717) is 17.1 Å². The molecule has 6 nitrogen and oxygen atoms in total. The molecule has 4 bridgehead atoms. The van der Waals surface area contributed by atoms with Gasteiger partial charge < -0.3 is 14.8 Å². The first kappa shape index (κ1) is 22.4. The fraction of sp³-hybridized carbons (Fsp3) is 0.538. The van der Waals surface area contributed by atoms with Crippen molar-refractivity contribution in [3.63, 3.8) is 0 Å². The number of anilines is 1. The molecule has 0 aliphatic heterocycles. The van der Waals surface area contributed by atoms with Gasteiger partial charge in [0.15, 0.2) is 0 Å². The lowest BCUT2D eigenvalue weighted by Crippen LogP contribution is -2.59. The first-order valence-electron chi connectivity index (χ1n) is 11.8. The smallest absolute Gasteiger partial charge is 0.341 e. The van der Waals surface area contributed by atoms with Crippen molar-refractivity contribution in [2.24, 2.45) is 17.8 Å². The number of benzene rings is 1. The van der Waals surface area contributed by atoms with Crippen LogP contribution in [0.2, 0.25) is 0 Å². The number of carbonyl (C=O) groups excluding carboxylic acids is 2. The van der Waals surface area contributed by atoms with Crippen LogP contribution in [0.3, 0.4) is 0 Å². The zero-order chi connectivity index (χ0) is 23.2. The Morgan fingerprint density at radius 1 is 1.06 bits per heavy atom. The van der Waals surface area contributed by atoms with Crippen molar-refractivity contribution in [3.8, 4) is 16.9 Å². The normalized spacial score (nSPS) is 27.6. The molecule has 0 saturated heterocycles. The summed E-state index contributed by atoms with van der Waals surface area (Å²) in [5.41, 5.74) is 2.19. The fourth-order valence-corrected chi connectivity index (χ4v) is 7.79. The van der Waals surface area contributed by atoms with Crippen LogP contribution in [-0.4, -0.2) is 50.1 Å². The number of carbonyl (C=O) groups is 2. The van der Waals surface area contributed by atoms with E-state index in [-0.39, 0.29) is 11.4 Å². The van der Waals surface area contributed by atoms with E-state index in [2.05, 4.69) is 17.3 Å². The van der Waals surface area contributed by atoms with Gasteiger partial charge in [0.1, 0.15) is 16.3 Å². The summed E-state index contributed by atoms with van der Waals surface area (Å²) in [4.78, 5) is 28.0. The number of esters is 1. The van der Waals surface area contributed by atoms with E-state index in [1.807, 2.05) is 29.6 Å². The minimum absolute atomic E-state index is 0.0819. The first-order chi connectivity index (χ1) is 15.9. The Balaban J connectivity index is 1.33. The fourth-order valence-electron chi connectivity index (χ4n) is 6.82. The lowest BCUT2D eigenvalue weighted by Gasteiger charge is -2.59. The monoisotopic (exact) mass is 468 g/mol.